The number of nitrogens with zero attached hydrogens (tertiary/aromatic N) is 2. The summed E-state index contributed by atoms with van der Waals surface area (Å²) in [4.78, 5) is 27.9. The van der Waals surface area contributed by atoms with Gasteiger partial charge in [-0.25, -0.2) is 9.59 Å². The van der Waals surface area contributed by atoms with E-state index in [-0.39, 0.29) is 11.4 Å². The molecule has 104 valence electrons. The molecule has 0 aromatic carbocycles. The van der Waals surface area contributed by atoms with E-state index in [1.54, 1.807) is 7.05 Å². The van der Waals surface area contributed by atoms with Crippen molar-refractivity contribution in [2.24, 2.45) is 0 Å². The molecule has 7 nitrogen and oxygen atoms in total. The summed E-state index contributed by atoms with van der Waals surface area (Å²) in [5.41, 5.74) is 0.185. The quantitative estimate of drug-likeness (QED) is 0.789. The Hall–Kier alpha value is -2.31. The monoisotopic (exact) mass is 268 g/mol. The highest BCUT2D eigenvalue weighted by Gasteiger charge is 2.21. The Morgan fingerprint density at radius 1 is 1.37 bits per heavy atom. The molecule has 0 aliphatic carbocycles. The molecule has 1 unspecified atom stereocenters. The average molecular weight is 268 g/mol. The van der Waals surface area contributed by atoms with E-state index in [0.29, 0.717) is 5.82 Å². The second kappa shape index (κ2) is 6.03. The van der Waals surface area contributed by atoms with Crippen LogP contribution in [0.4, 0.5) is 5.82 Å². The number of likely N-dealkylation sites (N-methyl/N-ethyl adjacent to an activating group) is 1. The van der Waals surface area contributed by atoms with Gasteiger partial charge in [0.05, 0.1) is 14.2 Å². The first-order chi connectivity index (χ1) is 8.92. The summed E-state index contributed by atoms with van der Waals surface area (Å²) in [6.45, 7) is 1.53. The third-order valence-electron chi connectivity index (χ3n) is 2.74. The minimum atomic E-state index is -0.972. The predicted octanol–water partition coefficient (Wildman–Crippen LogP) is 0.786. The molecule has 19 heavy (non-hydrogen) atoms. The number of carbonyl (C=O) groups excluding carboxylic acids is 1. The molecule has 1 aromatic rings. The van der Waals surface area contributed by atoms with Crippen LogP contribution >= 0.6 is 0 Å². The van der Waals surface area contributed by atoms with Gasteiger partial charge in [-0.2, -0.15) is 4.98 Å². The van der Waals surface area contributed by atoms with Crippen molar-refractivity contribution in [3.63, 3.8) is 0 Å². The van der Waals surface area contributed by atoms with Crippen LogP contribution in [0, 0.1) is 0 Å². The maximum atomic E-state index is 11.5. The summed E-state index contributed by atoms with van der Waals surface area (Å²) in [7, 11) is 4.23. The van der Waals surface area contributed by atoms with Gasteiger partial charge in [0.1, 0.15) is 17.4 Å². The lowest BCUT2D eigenvalue weighted by molar-refractivity contribution is -0.138. The Kier molecular flexibility index (Phi) is 4.68. The van der Waals surface area contributed by atoms with Crippen molar-refractivity contribution in [2.75, 3.05) is 26.2 Å². The zero-order valence-corrected chi connectivity index (χ0v) is 11.2. The van der Waals surface area contributed by atoms with E-state index in [9.17, 15) is 9.59 Å². The van der Waals surface area contributed by atoms with Gasteiger partial charge in [-0.05, 0) is 19.1 Å². The predicted molar refractivity (Wildman–Crippen MR) is 67.6 cm³/mol. The lowest BCUT2D eigenvalue weighted by Gasteiger charge is -2.23. The number of methoxy groups -OCH3 is 2. The zero-order valence-electron chi connectivity index (χ0n) is 11.2. The fourth-order valence-corrected chi connectivity index (χ4v) is 1.41. The summed E-state index contributed by atoms with van der Waals surface area (Å²) >= 11 is 0. The molecule has 0 saturated carbocycles. The molecular formula is C12H16N2O5. The van der Waals surface area contributed by atoms with E-state index in [4.69, 9.17) is 9.84 Å². The van der Waals surface area contributed by atoms with Crippen molar-refractivity contribution in [3.05, 3.63) is 17.7 Å². The van der Waals surface area contributed by atoms with Crippen LogP contribution in [0.25, 0.3) is 0 Å². The number of anilines is 1. The van der Waals surface area contributed by atoms with Gasteiger partial charge in [-0.1, -0.05) is 0 Å². The molecule has 1 heterocycles. The summed E-state index contributed by atoms with van der Waals surface area (Å²) in [6.07, 6.45) is 0. The van der Waals surface area contributed by atoms with Crippen LogP contribution in [0.15, 0.2) is 12.1 Å². The Balaban J connectivity index is 3.13. The number of hydrogen-bond acceptors (Lipinski definition) is 6. The first-order valence-electron chi connectivity index (χ1n) is 5.51. The van der Waals surface area contributed by atoms with Gasteiger partial charge in [0.15, 0.2) is 0 Å². The van der Waals surface area contributed by atoms with E-state index in [1.807, 2.05) is 0 Å². The van der Waals surface area contributed by atoms with E-state index < -0.39 is 18.0 Å². The van der Waals surface area contributed by atoms with Crippen LogP contribution in [0.1, 0.15) is 17.3 Å². The van der Waals surface area contributed by atoms with Gasteiger partial charge >= 0.3 is 11.9 Å². The number of rotatable bonds is 5. The van der Waals surface area contributed by atoms with E-state index in [2.05, 4.69) is 9.72 Å². The lowest BCUT2D eigenvalue weighted by Crippen LogP contribution is -2.36. The number of carboxylic acid groups (broad SMARTS) is 1. The summed E-state index contributed by atoms with van der Waals surface area (Å²) in [5, 5.41) is 8.95. The van der Waals surface area contributed by atoms with Gasteiger partial charge in [0.25, 0.3) is 0 Å². The Morgan fingerprint density at radius 2 is 2.00 bits per heavy atom. The number of esters is 1. The van der Waals surface area contributed by atoms with Crippen molar-refractivity contribution in [1.29, 1.82) is 0 Å². The average Bonchev–Trinajstić information content (AvgIpc) is 2.43. The van der Waals surface area contributed by atoms with E-state index in [0.717, 1.165) is 0 Å². The molecule has 0 radical (unpaired) electrons. The maximum Gasteiger partial charge on any atom is 0.343 e. The standard InChI is InChI=1S/C12H16N2O5/c1-7(11(15)16)14(2)9-6-5-8(12(17)19-4)10(13-9)18-3/h5-7H,1-4H3,(H,15,16). The van der Waals surface area contributed by atoms with Crippen LogP contribution in [0.2, 0.25) is 0 Å². The molecule has 1 aromatic heterocycles. The highest BCUT2D eigenvalue weighted by Crippen LogP contribution is 2.22. The lowest BCUT2D eigenvalue weighted by atomic mass is 10.2. The van der Waals surface area contributed by atoms with Crippen LogP contribution in [0.3, 0.4) is 0 Å². The zero-order chi connectivity index (χ0) is 14.6. The number of pyridine rings is 1. The van der Waals surface area contributed by atoms with Crippen LogP contribution in [-0.4, -0.2) is 49.3 Å². The first kappa shape index (κ1) is 14.7. The van der Waals surface area contributed by atoms with Crippen molar-refractivity contribution in [2.45, 2.75) is 13.0 Å². The number of hydrogen-bond donors (Lipinski definition) is 1. The highest BCUT2D eigenvalue weighted by atomic mass is 16.5. The fourth-order valence-electron chi connectivity index (χ4n) is 1.41. The molecule has 0 fully saturated rings. The summed E-state index contributed by atoms with van der Waals surface area (Å²) in [6, 6.07) is 2.27. The molecule has 1 rings (SSSR count). The van der Waals surface area contributed by atoms with Gasteiger partial charge < -0.3 is 19.5 Å². The molecular weight excluding hydrogens is 252 g/mol. The van der Waals surface area contributed by atoms with Gasteiger partial charge in [-0.15, -0.1) is 0 Å². The summed E-state index contributed by atoms with van der Waals surface area (Å²) in [5.74, 6) is -1.06. The Bertz CT molecular complexity index is 489. The number of aliphatic carboxylic acids is 1. The number of aromatic nitrogens is 1. The van der Waals surface area contributed by atoms with Crippen molar-refractivity contribution >= 4 is 17.8 Å². The number of carboxylic acids is 1. The first-order valence-corrected chi connectivity index (χ1v) is 5.51. The van der Waals surface area contributed by atoms with E-state index >= 15 is 0 Å². The number of ether oxygens (including phenoxy) is 2. The Morgan fingerprint density at radius 3 is 2.47 bits per heavy atom. The molecule has 0 amide bonds. The molecule has 7 heteroatoms. The Labute approximate surface area is 110 Å². The largest absolute Gasteiger partial charge is 0.480 e. The van der Waals surface area contributed by atoms with Crippen molar-refractivity contribution in [1.82, 2.24) is 4.98 Å². The smallest absolute Gasteiger partial charge is 0.343 e. The van der Waals surface area contributed by atoms with Gasteiger partial charge in [0, 0.05) is 7.05 Å². The van der Waals surface area contributed by atoms with Crippen LogP contribution in [-0.2, 0) is 9.53 Å². The SMILES string of the molecule is COC(=O)c1ccc(N(C)C(C)C(=O)O)nc1OC. The summed E-state index contributed by atoms with van der Waals surface area (Å²) < 4.78 is 9.61. The fraction of sp³-hybridized carbons (Fsp3) is 0.417. The molecule has 0 saturated heterocycles. The normalized spacial score (nSPS) is 11.6. The van der Waals surface area contributed by atoms with Gasteiger partial charge in [0.2, 0.25) is 5.88 Å². The van der Waals surface area contributed by atoms with Crippen LogP contribution in [0.5, 0.6) is 5.88 Å². The topological polar surface area (TPSA) is 89.0 Å². The third kappa shape index (κ3) is 3.12. The maximum absolute atomic E-state index is 11.5. The third-order valence-corrected chi connectivity index (χ3v) is 2.74. The van der Waals surface area contributed by atoms with Crippen molar-refractivity contribution in [3.8, 4) is 5.88 Å². The second-order valence-corrected chi connectivity index (χ2v) is 3.84. The molecule has 1 atom stereocenters. The molecule has 0 aliphatic rings. The molecule has 0 spiro atoms. The van der Waals surface area contributed by atoms with E-state index in [1.165, 1.54) is 38.2 Å². The number of carbonyl (C=O) groups is 2. The minimum Gasteiger partial charge on any atom is -0.480 e. The second-order valence-electron chi connectivity index (χ2n) is 3.84. The molecule has 0 bridgehead atoms. The minimum absolute atomic E-state index is 0.0915. The van der Waals surface area contributed by atoms with Crippen molar-refractivity contribution < 1.29 is 24.2 Å². The van der Waals surface area contributed by atoms with Crippen LogP contribution < -0.4 is 9.64 Å². The highest BCUT2D eigenvalue weighted by molar-refractivity contribution is 5.92. The molecule has 1 N–H and O–H groups in total. The molecule has 0 aliphatic heterocycles. The van der Waals surface area contributed by atoms with Gasteiger partial charge in [-0.3, -0.25) is 0 Å².